The Hall–Kier alpha value is -0.340. The van der Waals surface area contributed by atoms with Crippen molar-refractivity contribution >= 4 is 11.3 Å². The molecule has 0 aliphatic heterocycles. The van der Waals surface area contributed by atoms with E-state index in [2.05, 4.69) is 0 Å². The first-order valence-corrected chi connectivity index (χ1v) is 3.82. The second kappa shape index (κ2) is 2.50. The highest BCUT2D eigenvalue weighted by Gasteiger charge is 2.03. The molecule has 0 amide bonds. The van der Waals surface area contributed by atoms with E-state index >= 15 is 0 Å². The van der Waals surface area contributed by atoms with Crippen LogP contribution in [0.4, 0.5) is 0 Å². The molecule has 1 rings (SSSR count). The first kappa shape index (κ1) is 6.78. The summed E-state index contributed by atoms with van der Waals surface area (Å²) in [6.45, 7) is 3.80. The maximum Gasteiger partial charge on any atom is 0.0856 e. The van der Waals surface area contributed by atoms with Crippen molar-refractivity contribution in [2.24, 2.45) is 0 Å². The summed E-state index contributed by atoms with van der Waals surface area (Å²) in [5.41, 5.74) is 1.19. The fourth-order valence-electron chi connectivity index (χ4n) is 0.812. The number of hydrogen-bond acceptors (Lipinski definition) is 2. The highest BCUT2D eigenvalue weighted by molar-refractivity contribution is 7.10. The van der Waals surface area contributed by atoms with E-state index in [9.17, 15) is 0 Å². The van der Waals surface area contributed by atoms with E-state index in [-0.39, 0.29) is 6.10 Å². The monoisotopic (exact) mass is 142 g/mol. The minimum Gasteiger partial charge on any atom is -0.388 e. The van der Waals surface area contributed by atoms with Crippen LogP contribution in [0, 0.1) is 6.92 Å². The lowest BCUT2D eigenvalue weighted by Gasteiger charge is -1.99. The highest BCUT2D eigenvalue weighted by atomic mass is 32.1. The summed E-state index contributed by atoms with van der Waals surface area (Å²) in [5, 5.41) is 11.1. The lowest BCUT2D eigenvalue weighted by atomic mass is 10.2. The Labute approximate surface area is 59.0 Å². The van der Waals surface area contributed by atoms with Crippen LogP contribution in [0.1, 0.15) is 23.5 Å². The number of aliphatic hydroxyl groups excluding tert-OH is 1. The van der Waals surface area contributed by atoms with Gasteiger partial charge in [0.1, 0.15) is 0 Å². The van der Waals surface area contributed by atoms with E-state index < -0.39 is 0 Å². The molecule has 1 heterocycles. The molecule has 1 atom stereocenters. The molecule has 0 radical (unpaired) electrons. The maximum atomic E-state index is 9.10. The van der Waals surface area contributed by atoms with Crippen molar-refractivity contribution in [3.63, 3.8) is 0 Å². The van der Waals surface area contributed by atoms with Crippen LogP contribution >= 0.6 is 11.3 Å². The minimum atomic E-state index is -0.301. The summed E-state index contributed by atoms with van der Waals surface area (Å²) in [5.74, 6) is 0. The molecule has 1 aromatic rings. The molecule has 0 saturated heterocycles. The molecule has 0 fully saturated rings. The number of thiophene rings is 1. The molecule has 2 heteroatoms. The van der Waals surface area contributed by atoms with Crippen LogP contribution in [0.2, 0.25) is 0 Å². The lowest BCUT2D eigenvalue weighted by molar-refractivity contribution is 0.202. The fourth-order valence-corrected chi connectivity index (χ4v) is 1.68. The highest BCUT2D eigenvalue weighted by Crippen LogP contribution is 2.22. The van der Waals surface area contributed by atoms with Gasteiger partial charge in [-0.2, -0.15) is 0 Å². The standard InChI is InChI=1S/C7H10OS/c1-5-3-4-9-7(5)6(2)8/h3-4,6,8H,1-2H3. The number of hydrogen-bond donors (Lipinski definition) is 1. The van der Waals surface area contributed by atoms with E-state index in [0.717, 1.165) is 4.88 Å². The van der Waals surface area contributed by atoms with Gasteiger partial charge >= 0.3 is 0 Å². The second-order valence-electron chi connectivity index (χ2n) is 2.14. The lowest BCUT2D eigenvalue weighted by Crippen LogP contribution is -1.87. The maximum absolute atomic E-state index is 9.10. The zero-order valence-electron chi connectivity index (χ0n) is 5.59. The largest absolute Gasteiger partial charge is 0.388 e. The fraction of sp³-hybridized carbons (Fsp3) is 0.429. The molecule has 1 N–H and O–H groups in total. The van der Waals surface area contributed by atoms with Crippen LogP contribution in [0.15, 0.2) is 11.4 Å². The van der Waals surface area contributed by atoms with Crippen LogP contribution < -0.4 is 0 Å². The van der Waals surface area contributed by atoms with Crippen molar-refractivity contribution in [2.45, 2.75) is 20.0 Å². The molecule has 0 aliphatic rings. The smallest absolute Gasteiger partial charge is 0.0856 e. The van der Waals surface area contributed by atoms with Gasteiger partial charge in [0.05, 0.1) is 6.10 Å². The van der Waals surface area contributed by atoms with E-state index in [1.165, 1.54) is 5.56 Å². The molecule has 50 valence electrons. The third kappa shape index (κ3) is 1.32. The Bertz CT molecular complexity index is 191. The second-order valence-corrected chi connectivity index (χ2v) is 3.09. The average Bonchev–Trinajstić information content (AvgIpc) is 2.13. The quantitative estimate of drug-likeness (QED) is 0.636. The predicted octanol–water partition coefficient (Wildman–Crippen LogP) is 2.11. The van der Waals surface area contributed by atoms with Gasteiger partial charge in [-0.1, -0.05) is 0 Å². The first-order chi connectivity index (χ1) is 4.22. The van der Waals surface area contributed by atoms with E-state index in [1.54, 1.807) is 18.3 Å². The summed E-state index contributed by atoms with van der Waals surface area (Å²) in [7, 11) is 0. The zero-order valence-corrected chi connectivity index (χ0v) is 6.40. The van der Waals surface area contributed by atoms with Crippen molar-refractivity contribution in [3.05, 3.63) is 21.9 Å². The molecule has 1 nitrogen and oxygen atoms in total. The number of aryl methyl sites for hydroxylation is 1. The SMILES string of the molecule is Cc1ccsc1C(C)O. The Morgan fingerprint density at radius 2 is 2.33 bits per heavy atom. The number of aliphatic hydroxyl groups is 1. The van der Waals surface area contributed by atoms with Crippen LogP contribution in [-0.4, -0.2) is 5.11 Å². The van der Waals surface area contributed by atoms with Gasteiger partial charge in [-0.05, 0) is 30.9 Å². The van der Waals surface area contributed by atoms with Gasteiger partial charge < -0.3 is 5.11 Å². The van der Waals surface area contributed by atoms with Gasteiger partial charge in [0.25, 0.3) is 0 Å². The molecule has 9 heavy (non-hydrogen) atoms. The zero-order chi connectivity index (χ0) is 6.85. The predicted molar refractivity (Wildman–Crippen MR) is 39.7 cm³/mol. The third-order valence-electron chi connectivity index (χ3n) is 1.28. The Kier molecular flexibility index (Phi) is 1.88. The van der Waals surface area contributed by atoms with Gasteiger partial charge in [0, 0.05) is 4.88 Å². The first-order valence-electron chi connectivity index (χ1n) is 2.94. The summed E-state index contributed by atoms with van der Waals surface area (Å²) in [6, 6.07) is 2.02. The molecule has 1 aromatic heterocycles. The summed E-state index contributed by atoms with van der Waals surface area (Å²) in [4.78, 5) is 1.08. The molecule has 1 unspecified atom stereocenters. The van der Waals surface area contributed by atoms with Gasteiger partial charge in [-0.25, -0.2) is 0 Å². The molecule has 0 aliphatic carbocycles. The van der Waals surface area contributed by atoms with Crippen molar-refractivity contribution in [1.82, 2.24) is 0 Å². The van der Waals surface area contributed by atoms with Crippen molar-refractivity contribution in [1.29, 1.82) is 0 Å². The van der Waals surface area contributed by atoms with Crippen LogP contribution in [-0.2, 0) is 0 Å². The van der Waals surface area contributed by atoms with Gasteiger partial charge in [-0.3, -0.25) is 0 Å². The summed E-state index contributed by atoms with van der Waals surface area (Å²) >= 11 is 1.61. The van der Waals surface area contributed by atoms with E-state index in [0.29, 0.717) is 0 Å². The van der Waals surface area contributed by atoms with Crippen LogP contribution in [0.5, 0.6) is 0 Å². The molecular formula is C7H10OS. The van der Waals surface area contributed by atoms with E-state index in [1.807, 2.05) is 18.4 Å². The average molecular weight is 142 g/mol. The van der Waals surface area contributed by atoms with Crippen LogP contribution in [0.3, 0.4) is 0 Å². The van der Waals surface area contributed by atoms with Crippen molar-refractivity contribution in [2.75, 3.05) is 0 Å². The summed E-state index contributed by atoms with van der Waals surface area (Å²) < 4.78 is 0. The summed E-state index contributed by atoms with van der Waals surface area (Å²) in [6.07, 6.45) is -0.301. The minimum absolute atomic E-state index is 0.301. The molecule has 0 spiro atoms. The van der Waals surface area contributed by atoms with Crippen molar-refractivity contribution < 1.29 is 5.11 Å². The van der Waals surface area contributed by atoms with Gasteiger partial charge in [0.15, 0.2) is 0 Å². The van der Waals surface area contributed by atoms with Gasteiger partial charge in [0.2, 0.25) is 0 Å². The Balaban J connectivity index is 2.94. The topological polar surface area (TPSA) is 20.2 Å². The van der Waals surface area contributed by atoms with E-state index in [4.69, 9.17) is 5.11 Å². The molecule has 0 aromatic carbocycles. The van der Waals surface area contributed by atoms with Gasteiger partial charge in [-0.15, -0.1) is 11.3 Å². The Morgan fingerprint density at radius 1 is 1.67 bits per heavy atom. The number of rotatable bonds is 1. The normalized spacial score (nSPS) is 13.7. The van der Waals surface area contributed by atoms with Crippen LogP contribution in [0.25, 0.3) is 0 Å². The molecule has 0 saturated carbocycles. The van der Waals surface area contributed by atoms with Crippen molar-refractivity contribution in [3.8, 4) is 0 Å². The molecule has 0 bridgehead atoms. The molecular weight excluding hydrogens is 132 g/mol. The Morgan fingerprint density at radius 3 is 2.56 bits per heavy atom. The third-order valence-corrected chi connectivity index (χ3v) is 2.47.